The van der Waals surface area contributed by atoms with Gasteiger partial charge in [-0.3, -0.25) is 4.79 Å². The lowest BCUT2D eigenvalue weighted by atomic mass is 10.0. The first kappa shape index (κ1) is 24.3. The molecule has 0 aliphatic heterocycles. The van der Waals surface area contributed by atoms with Crippen molar-refractivity contribution in [1.29, 1.82) is 0 Å². The quantitative estimate of drug-likeness (QED) is 0.221. The van der Waals surface area contributed by atoms with Crippen molar-refractivity contribution in [2.24, 2.45) is 0 Å². The first-order valence-electron chi connectivity index (χ1n) is 9.53. The van der Waals surface area contributed by atoms with Gasteiger partial charge >= 0.3 is 0 Å². The van der Waals surface area contributed by atoms with E-state index in [0.717, 1.165) is 19.3 Å². The van der Waals surface area contributed by atoms with Crippen LogP contribution in [-0.2, 0) is 4.79 Å². The number of carbonyl (C=O) groups is 1. The van der Waals surface area contributed by atoms with Crippen molar-refractivity contribution in [2.45, 2.75) is 95.5 Å². The molecule has 0 saturated carbocycles. The highest BCUT2D eigenvalue weighted by Crippen LogP contribution is 2.10. The van der Waals surface area contributed by atoms with Gasteiger partial charge in [0.2, 0.25) is 5.91 Å². The lowest BCUT2D eigenvalue weighted by Crippen LogP contribution is -2.49. The minimum atomic E-state index is -1.67. The van der Waals surface area contributed by atoms with Gasteiger partial charge in [-0.25, -0.2) is 0 Å². The Morgan fingerprint density at radius 2 is 1.28 bits per heavy atom. The van der Waals surface area contributed by atoms with Crippen LogP contribution in [-0.4, -0.2) is 69.0 Å². The Labute approximate surface area is 151 Å². The second kappa shape index (κ2) is 15.5. The molecule has 0 aromatic heterocycles. The molecule has 0 aliphatic carbocycles. The first-order chi connectivity index (χ1) is 11.9. The molecule has 0 saturated heterocycles. The van der Waals surface area contributed by atoms with Crippen molar-refractivity contribution in [1.82, 2.24) is 5.32 Å². The van der Waals surface area contributed by atoms with Crippen LogP contribution in [0.5, 0.6) is 0 Å². The second-order valence-corrected chi connectivity index (χ2v) is 6.68. The average Bonchev–Trinajstić information content (AvgIpc) is 2.62. The molecule has 0 unspecified atom stereocenters. The summed E-state index contributed by atoms with van der Waals surface area (Å²) in [6.45, 7) is 1.26. The van der Waals surface area contributed by atoms with Crippen molar-refractivity contribution < 1.29 is 30.3 Å². The summed E-state index contributed by atoms with van der Waals surface area (Å²) in [6.07, 6.45) is 4.57. The summed E-state index contributed by atoms with van der Waals surface area (Å²) in [5, 5.41) is 49.2. The average molecular weight is 363 g/mol. The van der Waals surface area contributed by atoms with Gasteiger partial charge in [-0.05, 0) is 6.42 Å². The SMILES string of the molecule is CCCCCCCCCCCC(=O)NC[C@H](O)[C@@H](O)[C@H](O)[C@H](O)CO. The fourth-order valence-corrected chi connectivity index (χ4v) is 2.59. The molecule has 7 nitrogen and oxygen atoms in total. The lowest BCUT2D eigenvalue weighted by Gasteiger charge is -2.25. The van der Waals surface area contributed by atoms with E-state index in [1.807, 2.05) is 0 Å². The van der Waals surface area contributed by atoms with Crippen molar-refractivity contribution in [3.05, 3.63) is 0 Å². The molecule has 6 N–H and O–H groups in total. The summed E-state index contributed by atoms with van der Waals surface area (Å²) >= 11 is 0. The Hall–Kier alpha value is -0.730. The van der Waals surface area contributed by atoms with Gasteiger partial charge in [0.1, 0.15) is 18.3 Å². The van der Waals surface area contributed by atoms with Crippen LogP contribution in [0.25, 0.3) is 0 Å². The van der Waals surface area contributed by atoms with Gasteiger partial charge in [-0.15, -0.1) is 0 Å². The molecule has 0 radical (unpaired) electrons. The standard InChI is InChI=1S/C18H37NO6/c1-2-3-4-5-6-7-8-9-10-11-16(23)19-12-14(21)17(24)18(25)15(22)13-20/h14-15,17-18,20-22,24-25H,2-13H2,1H3,(H,19,23)/t14-,15+,17+,18+/m0/s1. The van der Waals surface area contributed by atoms with Gasteiger partial charge < -0.3 is 30.8 Å². The zero-order valence-electron chi connectivity index (χ0n) is 15.4. The fourth-order valence-electron chi connectivity index (χ4n) is 2.59. The number of hydrogen-bond acceptors (Lipinski definition) is 6. The Balaban J connectivity index is 3.66. The highest BCUT2D eigenvalue weighted by Gasteiger charge is 2.29. The van der Waals surface area contributed by atoms with Gasteiger partial charge in [0.25, 0.3) is 0 Å². The third kappa shape index (κ3) is 12.3. The van der Waals surface area contributed by atoms with Crippen molar-refractivity contribution in [3.8, 4) is 0 Å². The molecule has 0 aliphatic rings. The molecular formula is C18H37NO6. The summed E-state index contributed by atoms with van der Waals surface area (Å²) in [6, 6.07) is 0. The van der Waals surface area contributed by atoms with Crippen LogP contribution >= 0.6 is 0 Å². The van der Waals surface area contributed by atoms with Crippen molar-refractivity contribution in [3.63, 3.8) is 0 Å². The van der Waals surface area contributed by atoms with Gasteiger partial charge in [-0.1, -0.05) is 58.3 Å². The molecule has 150 valence electrons. The van der Waals surface area contributed by atoms with E-state index in [1.165, 1.54) is 38.5 Å². The van der Waals surface area contributed by atoms with Crippen LogP contribution in [0.1, 0.15) is 71.1 Å². The number of unbranched alkanes of at least 4 members (excludes halogenated alkanes) is 8. The minimum Gasteiger partial charge on any atom is -0.394 e. The van der Waals surface area contributed by atoms with E-state index >= 15 is 0 Å². The summed E-state index contributed by atoms with van der Waals surface area (Å²) in [5.74, 6) is -0.216. The lowest BCUT2D eigenvalue weighted by molar-refractivity contribution is -0.126. The number of aliphatic hydroxyl groups is 5. The third-order valence-electron chi connectivity index (χ3n) is 4.34. The summed E-state index contributed by atoms with van der Waals surface area (Å²) in [4.78, 5) is 11.7. The number of carbonyl (C=O) groups excluding carboxylic acids is 1. The molecule has 0 spiro atoms. The maximum Gasteiger partial charge on any atom is 0.220 e. The van der Waals surface area contributed by atoms with Crippen LogP contribution in [0.3, 0.4) is 0 Å². The summed E-state index contributed by atoms with van der Waals surface area (Å²) in [7, 11) is 0. The number of aliphatic hydroxyl groups excluding tert-OH is 5. The predicted octanol–water partition coefficient (Wildman–Crippen LogP) is 0.459. The highest BCUT2D eigenvalue weighted by atomic mass is 16.4. The molecule has 0 aromatic rings. The minimum absolute atomic E-state index is 0.216. The van der Waals surface area contributed by atoms with E-state index in [1.54, 1.807) is 0 Å². The Kier molecular flexibility index (Phi) is 15.1. The molecular weight excluding hydrogens is 326 g/mol. The van der Waals surface area contributed by atoms with Crippen LogP contribution in [0, 0.1) is 0 Å². The third-order valence-corrected chi connectivity index (χ3v) is 4.34. The molecule has 0 heterocycles. The van der Waals surface area contributed by atoms with Crippen LogP contribution < -0.4 is 5.32 Å². The Morgan fingerprint density at radius 3 is 1.80 bits per heavy atom. The Morgan fingerprint density at radius 1 is 0.800 bits per heavy atom. The van der Waals surface area contributed by atoms with Gasteiger partial charge in [0.15, 0.2) is 0 Å². The molecule has 4 atom stereocenters. The first-order valence-corrected chi connectivity index (χ1v) is 9.53. The topological polar surface area (TPSA) is 130 Å². The van der Waals surface area contributed by atoms with Crippen molar-refractivity contribution in [2.75, 3.05) is 13.2 Å². The maximum atomic E-state index is 11.7. The smallest absolute Gasteiger partial charge is 0.220 e. The number of rotatable bonds is 16. The largest absolute Gasteiger partial charge is 0.394 e. The van der Waals surface area contributed by atoms with Gasteiger partial charge in [0, 0.05) is 13.0 Å². The molecule has 0 bridgehead atoms. The second-order valence-electron chi connectivity index (χ2n) is 6.68. The number of amides is 1. The molecule has 0 fully saturated rings. The number of nitrogens with one attached hydrogen (secondary N) is 1. The number of hydrogen-bond donors (Lipinski definition) is 6. The zero-order valence-corrected chi connectivity index (χ0v) is 15.4. The fraction of sp³-hybridized carbons (Fsp3) is 0.944. The van der Waals surface area contributed by atoms with E-state index < -0.39 is 31.0 Å². The molecule has 25 heavy (non-hydrogen) atoms. The monoisotopic (exact) mass is 363 g/mol. The van der Waals surface area contributed by atoms with E-state index in [-0.39, 0.29) is 12.5 Å². The van der Waals surface area contributed by atoms with E-state index in [9.17, 15) is 25.2 Å². The predicted molar refractivity (Wildman–Crippen MR) is 96.0 cm³/mol. The van der Waals surface area contributed by atoms with Crippen LogP contribution in [0.15, 0.2) is 0 Å². The van der Waals surface area contributed by atoms with Crippen LogP contribution in [0.2, 0.25) is 0 Å². The normalized spacial score (nSPS) is 16.2. The van der Waals surface area contributed by atoms with Crippen LogP contribution in [0.4, 0.5) is 0 Å². The van der Waals surface area contributed by atoms with Gasteiger partial charge in [0.05, 0.1) is 12.7 Å². The maximum absolute atomic E-state index is 11.7. The molecule has 1 amide bonds. The van der Waals surface area contributed by atoms with Crippen molar-refractivity contribution >= 4 is 5.91 Å². The summed E-state index contributed by atoms with van der Waals surface area (Å²) in [5.41, 5.74) is 0. The highest BCUT2D eigenvalue weighted by molar-refractivity contribution is 5.75. The zero-order chi connectivity index (χ0) is 19.1. The van der Waals surface area contributed by atoms with Gasteiger partial charge in [-0.2, -0.15) is 0 Å². The molecule has 7 heteroatoms. The van der Waals surface area contributed by atoms with E-state index in [2.05, 4.69) is 12.2 Å². The Bertz CT molecular complexity index is 329. The summed E-state index contributed by atoms with van der Waals surface area (Å²) < 4.78 is 0. The molecule has 0 aromatic carbocycles. The van der Waals surface area contributed by atoms with E-state index in [4.69, 9.17) is 5.11 Å². The molecule has 0 rings (SSSR count). The van der Waals surface area contributed by atoms with E-state index in [0.29, 0.717) is 6.42 Å².